The lowest BCUT2D eigenvalue weighted by Gasteiger charge is -1.92. The van der Waals surface area contributed by atoms with Crippen molar-refractivity contribution in [2.45, 2.75) is 13.0 Å². The molecule has 0 amide bonds. The van der Waals surface area contributed by atoms with Crippen molar-refractivity contribution in [3.8, 4) is 0 Å². The van der Waals surface area contributed by atoms with Gasteiger partial charge in [-0.15, -0.1) is 6.22 Å². The highest BCUT2D eigenvalue weighted by Gasteiger charge is 1.98. The first kappa shape index (κ1) is 12.6. The van der Waals surface area contributed by atoms with Crippen LogP contribution in [0.4, 0.5) is 0 Å². The zero-order valence-corrected chi connectivity index (χ0v) is 9.07. The highest BCUT2D eigenvalue weighted by molar-refractivity contribution is 7.55. The molecule has 0 aromatic carbocycles. The fraction of sp³-hybridized carbons (Fsp3) is 1.00. The maximum Gasteiger partial charge on any atom is 0.0738 e. The predicted molar refractivity (Wildman–Crippen MR) is 83.6 cm³/mol. The topological polar surface area (TPSA) is 0 Å². The Morgan fingerprint density at radius 2 is 1.58 bits per heavy atom. The summed E-state index contributed by atoms with van der Waals surface area (Å²) in [5.74, 6) is 0. The summed E-state index contributed by atoms with van der Waals surface area (Å²) < 4.78 is 0. The predicted octanol–water partition coefficient (Wildman–Crippen LogP) is -5.71. The summed E-state index contributed by atoms with van der Waals surface area (Å²) in [6.07, 6.45) is 1.48. The van der Waals surface area contributed by atoms with E-state index < -0.39 is 0 Å². The summed E-state index contributed by atoms with van der Waals surface area (Å²) in [4.78, 5) is 0. The molecule has 10 heteroatoms. The normalized spacial score (nSPS) is 7.42. The number of hydrogen-bond acceptors (Lipinski definition) is 0. The van der Waals surface area contributed by atoms with E-state index in [1.807, 2.05) is 0 Å². The van der Waals surface area contributed by atoms with Crippen LogP contribution in [0.2, 0.25) is 13.0 Å². The first-order valence-corrected chi connectivity index (χ1v) is 5.91. The van der Waals surface area contributed by atoms with Gasteiger partial charge in [0.1, 0.15) is 0 Å². The van der Waals surface area contributed by atoms with Gasteiger partial charge in [0.2, 0.25) is 0 Å². The van der Waals surface area contributed by atoms with Gasteiger partial charge >= 0.3 is 0 Å². The van der Waals surface area contributed by atoms with Crippen LogP contribution in [0.25, 0.3) is 0 Å². The van der Waals surface area contributed by atoms with Gasteiger partial charge in [-0.05, 0) is 0 Å². The van der Waals surface area contributed by atoms with Gasteiger partial charge in [-0.1, -0.05) is 6.82 Å². The van der Waals surface area contributed by atoms with Gasteiger partial charge < -0.3 is 0 Å². The lowest BCUT2D eigenvalue weighted by atomic mass is 8.98. The molecule has 0 aliphatic carbocycles. The van der Waals surface area contributed by atoms with E-state index in [4.69, 9.17) is 0 Å². The molecule has 12 heavy (non-hydrogen) atoms. The standard InChI is InChI=1S/C2H16B10/c1-4-8-12-10-6-2-5-9-11-7-3/h4-12H,2-3H2,1H3. The summed E-state index contributed by atoms with van der Waals surface area (Å²) in [6, 6.07) is 0. The Morgan fingerprint density at radius 1 is 0.917 bits per heavy atom. The molecule has 0 aromatic rings. The maximum absolute atomic E-state index is 2.28. The highest BCUT2D eigenvalue weighted by atomic mass is 13.1. The fourth-order valence-electron chi connectivity index (χ4n) is 1.56. The minimum absolute atomic E-state index is 1.37. The van der Waals surface area contributed by atoms with Crippen LogP contribution in [0, 0.1) is 0 Å². The third kappa shape index (κ3) is 10.6. The lowest BCUT2D eigenvalue weighted by Crippen LogP contribution is -2.25. The molecular weight excluding hydrogens is 132 g/mol. The van der Waals surface area contributed by atoms with E-state index in [2.05, 4.69) is 14.6 Å². The molecule has 0 unspecified atom stereocenters. The van der Waals surface area contributed by atoms with E-state index in [0.29, 0.717) is 0 Å². The summed E-state index contributed by atoms with van der Waals surface area (Å²) in [7, 11) is 15.2. The van der Waals surface area contributed by atoms with Crippen molar-refractivity contribution in [1.29, 1.82) is 0 Å². The van der Waals surface area contributed by atoms with Gasteiger partial charge in [-0.2, -0.15) is 0 Å². The van der Waals surface area contributed by atoms with Crippen LogP contribution < -0.4 is 0 Å². The zero-order chi connectivity index (χ0) is 9.07. The minimum atomic E-state index is 1.37. The average Bonchev–Trinajstić information content (AvgIpc) is 2.10. The largest absolute Gasteiger partial charge is 0.115 e. The molecule has 0 atom stereocenters. The molecule has 0 bridgehead atoms. The first-order valence-electron chi connectivity index (χ1n) is 5.91. The van der Waals surface area contributed by atoms with Crippen molar-refractivity contribution < 1.29 is 0 Å². The fourth-order valence-corrected chi connectivity index (χ4v) is 1.56. The molecular formula is C2H16B10. The van der Waals surface area contributed by atoms with E-state index in [1.54, 1.807) is 0 Å². The zero-order valence-electron chi connectivity index (χ0n) is 9.07. The smallest absolute Gasteiger partial charge is 0.0738 e. The molecule has 0 aromatic heterocycles. The average molecular weight is 148 g/mol. The van der Waals surface area contributed by atoms with E-state index in [-0.39, 0.29) is 0 Å². The molecule has 0 fully saturated rings. The Balaban J connectivity index is 2.73. The van der Waals surface area contributed by atoms with Crippen molar-refractivity contribution in [3.63, 3.8) is 0 Å². The van der Waals surface area contributed by atoms with Gasteiger partial charge in [-0.25, -0.2) is 0 Å². The summed E-state index contributed by atoms with van der Waals surface area (Å²) in [6.45, 7) is 2.28. The quantitative estimate of drug-likeness (QED) is 0.226. The molecule has 54 valence electrons. The second-order valence-corrected chi connectivity index (χ2v) is 3.83. The number of rotatable bonds is 9. The van der Waals surface area contributed by atoms with Crippen LogP contribution in [0.3, 0.4) is 0 Å². The molecule has 0 saturated heterocycles. The molecule has 0 saturated carbocycles. The van der Waals surface area contributed by atoms with Gasteiger partial charge in [-0.3, -0.25) is 0 Å². The maximum atomic E-state index is 2.28. The Bertz CT molecular complexity index is 64.2. The van der Waals surface area contributed by atoms with Crippen LogP contribution in [0.1, 0.15) is 0 Å². The molecule has 0 heterocycles. The van der Waals surface area contributed by atoms with Crippen LogP contribution in [0.5, 0.6) is 0 Å². The van der Waals surface area contributed by atoms with Crippen molar-refractivity contribution in [2.24, 2.45) is 0 Å². The first-order chi connectivity index (χ1) is 5.91. The van der Waals surface area contributed by atoms with Crippen molar-refractivity contribution in [1.82, 2.24) is 0 Å². The summed E-state index contributed by atoms with van der Waals surface area (Å²) in [5, 5.41) is 0. The number of hydrogen-bond donors (Lipinski definition) is 0. The summed E-state index contributed by atoms with van der Waals surface area (Å²) in [5.41, 5.74) is 0. The van der Waals surface area contributed by atoms with E-state index in [9.17, 15) is 0 Å². The third-order valence-electron chi connectivity index (χ3n) is 2.46. The Hall–Kier alpha value is 0.649. The Morgan fingerprint density at radius 3 is 2.17 bits per heavy atom. The van der Waals surface area contributed by atoms with Gasteiger partial charge in [0.05, 0.1) is 29.2 Å². The van der Waals surface area contributed by atoms with Crippen molar-refractivity contribution in [3.05, 3.63) is 0 Å². The van der Waals surface area contributed by atoms with Gasteiger partial charge in [0, 0.05) is 42.4 Å². The lowest BCUT2D eigenvalue weighted by molar-refractivity contribution is 2.10. The molecule has 0 N–H and O–H groups in total. The van der Waals surface area contributed by atoms with Crippen LogP contribution >= 0.6 is 0 Å². The van der Waals surface area contributed by atoms with Crippen LogP contribution in [-0.4, -0.2) is 71.6 Å². The third-order valence-corrected chi connectivity index (χ3v) is 2.46. The molecule has 0 rings (SSSR count). The van der Waals surface area contributed by atoms with Gasteiger partial charge in [0.25, 0.3) is 0 Å². The van der Waals surface area contributed by atoms with Crippen LogP contribution in [0.15, 0.2) is 0 Å². The van der Waals surface area contributed by atoms with Gasteiger partial charge in [0.15, 0.2) is 0 Å². The van der Waals surface area contributed by atoms with E-state index in [1.165, 1.54) is 70.1 Å². The molecule has 0 radical (unpaired) electrons. The highest BCUT2D eigenvalue weighted by Crippen LogP contribution is 1.71. The van der Waals surface area contributed by atoms with Crippen LogP contribution in [-0.2, 0) is 0 Å². The summed E-state index contributed by atoms with van der Waals surface area (Å²) >= 11 is 0. The molecule has 0 nitrogen and oxygen atoms in total. The molecule has 0 aliphatic rings. The molecule has 0 aliphatic heterocycles. The van der Waals surface area contributed by atoms with E-state index >= 15 is 0 Å². The SMILES string of the molecule is BBBBBCBBBBBC. The second kappa shape index (κ2) is 11.6. The molecule has 0 spiro atoms. The Labute approximate surface area is 85.0 Å². The Kier molecular flexibility index (Phi) is 12.3. The minimum Gasteiger partial charge on any atom is -0.115 e. The van der Waals surface area contributed by atoms with Crippen molar-refractivity contribution in [2.75, 3.05) is 0 Å². The van der Waals surface area contributed by atoms with Crippen molar-refractivity contribution >= 4 is 71.6 Å². The monoisotopic (exact) mass is 150 g/mol. The van der Waals surface area contributed by atoms with E-state index in [0.717, 1.165) is 0 Å². The second-order valence-electron chi connectivity index (χ2n) is 3.83.